The lowest BCUT2D eigenvalue weighted by molar-refractivity contribution is 0.576. The first-order valence-corrected chi connectivity index (χ1v) is 9.10. The molecule has 0 aliphatic heterocycles. The van der Waals surface area contributed by atoms with Crippen LogP contribution < -0.4 is 15.6 Å². The number of primary sulfonamides is 1. The second-order valence-electron chi connectivity index (χ2n) is 4.56. The molecular formula is C11H19N3O4S2. The lowest BCUT2D eigenvalue weighted by atomic mass is 10.1. The summed E-state index contributed by atoms with van der Waals surface area (Å²) in [7, 11) is -7.36. The summed E-state index contributed by atoms with van der Waals surface area (Å²) in [4.78, 5) is 0.0353. The van der Waals surface area contributed by atoms with Crippen molar-refractivity contribution in [3.8, 4) is 0 Å². The molecule has 0 saturated heterocycles. The summed E-state index contributed by atoms with van der Waals surface area (Å²) in [6, 6.07) is 3.41. The Bertz CT molecular complexity index is 697. The molecule has 0 spiro atoms. The Hall–Kier alpha value is -1.16. The number of anilines is 1. The standard InChI is InChI=1S/C11H19N3O4S2/c1-8-4-5-9(2)11(10(8)12)20(17,18)14-6-3-7-19(13,15)16/h4-5,14H,3,6-7,12H2,1-2H3,(H2,13,15,16). The zero-order chi connectivity index (χ0) is 15.6. The average Bonchev–Trinajstić information content (AvgIpc) is 2.29. The van der Waals surface area contributed by atoms with Crippen LogP contribution in [0.5, 0.6) is 0 Å². The lowest BCUT2D eigenvalue weighted by Gasteiger charge is -2.13. The van der Waals surface area contributed by atoms with Crippen LogP contribution >= 0.6 is 0 Å². The molecule has 0 fully saturated rings. The second-order valence-corrected chi connectivity index (χ2v) is 8.00. The maximum absolute atomic E-state index is 12.2. The number of nitrogen functional groups attached to an aromatic ring is 1. The fraction of sp³-hybridized carbons (Fsp3) is 0.455. The molecule has 0 heterocycles. The smallest absolute Gasteiger partial charge is 0.242 e. The molecule has 114 valence electrons. The number of aryl methyl sites for hydroxylation is 2. The third-order valence-corrected chi connectivity index (χ3v) is 5.30. The van der Waals surface area contributed by atoms with Crippen LogP contribution in [0.1, 0.15) is 17.5 Å². The van der Waals surface area contributed by atoms with Crippen molar-refractivity contribution in [3.63, 3.8) is 0 Å². The van der Waals surface area contributed by atoms with Crippen molar-refractivity contribution in [3.05, 3.63) is 23.3 Å². The van der Waals surface area contributed by atoms with Gasteiger partial charge in [0, 0.05) is 6.54 Å². The number of hydrogen-bond acceptors (Lipinski definition) is 5. The second kappa shape index (κ2) is 6.08. The van der Waals surface area contributed by atoms with Crippen LogP contribution in [0.2, 0.25) is 0 Å². The molecule has 9 heteroatoms. The molecule has 1 aromatic carbocycles. The van der Waals surface area contributed by atoms with Crippen LogP contribution in [0, 0.1) is 13.8 Å². The van der Waals surface area contributed by atoms with Crippen LogP contribution in [0.3, 0.4) is 0 Å². The summed E-state index contributed by atoms with van der Waals surface area (Å²) < 4.78 is 48.2. The van der Waals surface area contributed by atoms with E-state index in [9.17, 15) is 16.8 Å². The van der Waals surface area contributed by atoms with Gasteiger partial charge in [-0.25, -0.2) is 26.7 Å². The Morgan fingerprint density at radius 1 is 1.10 bits per heavy atom. The van der Waals surface area contributed by atoms with E-state index in [1.54, 1.807) is 26.0 Å². The van der Waals surface area contributed by atoms with Crippen molar-refractivity contribution in [2.24, 2.45) is 5.14 Å². The SMILES string of the molecule is Cc1ccc(C)c(S(=O)(=O)NCCCS(N)(=O)=O)c1N. The summed E-state index contributed by atoms with van der Waals surface area (Å²) in [6.45, 7) is 3.34. The molecule has 0 aliphatic carbocycles. The van der Waals surface area contributed by atoms with E-state index >= 15 is 0 Å². The third kappa shape index (κ3) is 4.44. The maximum Gasteiger partial charge on any atom is 0.242 e. The van der Waals surface area contributed by atoms with Gasteiger partial charge >= 0.3 is 0 Å². The number of hydrogen-bond donors (Lipinski definition) is 3. The van der Waals surface area contributed by atoms with Crippen LogP contribution in [-0.4, -0.2) is 29.1 Å². The molecule has 1 aromatic rings. The molecule has 0 bridgehead atoms. The molecule has 5 N–H and O–H groups in total. The molecular weight excluding hydrogens is 302 g/mol. The first kappa shape index (κ1) is 16.9. The molecule has 0 saturated carbocycles. The molecule has 0 atom stereocenters. The minimum absolute atomic E-state index is 0.0222. The van der Waals surface area contributed by atoms with Crippen molar-refractivity contribution in [1.82, 2.24) is 4.72 Å². The number of sulfonamides is 2. The lowest BCUT2D eigenvalue weighted by Crippen LogP contribution is -2.28. The van der Waals surface area contributed by atoms with Gasteiger partial charge in [-0.2, -0.15) is 0 Å². The van der Waals surface area contributed by atoms with E-state index in [0.717, 1.165) is 0 Å². The first-order valence-electron chi connectivity index (χ1n) is 5.90. The van der Waals surface area contributed by atoms with Crippen molar-refractivity contribution in [2.75, 3.05) is 18.0 Å². The summed E-state index contributed by atoms with van der Waals surface area (Å²) in [5, 5.41) is 4.84. The van der Waals surface area contributed by atoms with Crippen molar-refractivity contribution >= 4 is 25.7 Å². The Labute approximate surface area is 119 Å². The third-order valence-electron chi connectivity index (χ3n) is 2.78. The highest BCUT2D eigenvalue weighted by molar-refractivity contribution is 7.89. The Morgan fingerprint density at radius 3 is 2.20 bits per heavy atom. The fourth-order valence-electron chi connectivity index (χ4n) is 1.72. The molecule has 0 unspecified atom stereocenters. The molecule has 1 rings (SSSR count). The van der Waals surface area contributed by atoms with Gasteiger partial charge in [-0.05, 0) is 31.4 Å². The Morgan fingerprint density at radius 2 is 1.65 bits per heavy atom. The number of rotatable bonds is 6. The van der Waals surface area contributed by atoms with Gasteiger partial charge in [0.1, 0.15) is 4.90 Å². The molecule has 0 amide bonds. The topological polar surface area (TPSA) is 132 Å². The maximum atomic E-state index is 12.2. The normalized spacial score (nSPS) is 12.6. The van der Waals surface area contributed by atoms with Crippen molar-refractivity contribution in [2.45, 2.75) is 25.2 Å². The Balaban J connectivity index is 2.88. The monoisotopic (exact) mass is 321 g/mol. The average molecular weight is 321 g/mol. The van der Waals surface area contributed by atoms with Gasteiger partial charge in [0.25, 0.3) is 0 Å². The van der Waals surface area contributed by atoms with E-state index in [1.807, 2.05) is 0 Å². The fourth-order valence-corrected chi connectivity index (χ4v) is 3.76. The molecule has 7 nitrogen and oxygen atoms in total. The zero-order valence-electron chi connectivity index (χ0n) is 11.4. The number of benzene rings is 1. The molecule has 20 heavy (non-hydrogen) atoms. The molecule has 0 aliphatic rings. The largest absolute Gasteiger partial charge is 0.397 e. The van der Waals surface area contributed by atoms with Gasteiger partial charge < -0.3 is 5.73 Å². The van der Waals surface area contributed by atoms with Gasteiger partial charge in [0.15, 0.2) is 0 Å². The van der Waals surface area contributed by atoms with Crippen molar-refractivity contribution < 1.29 is 16.8 Å². The predicted octanol–water partition coefficient (Wildman–Crippen LogP) is -0.157. The van der Waals surface area contributed by atoms with E-state index < -0.39 is 20.0 Å². The zero-order valence-corrected chi connectivity index (χ0v) is 13.0. The summed E-state index contributed by atoms with van der Waals surface area (Å²) >= 11 is 0. The highest BCUT2D eigenvalue weighted by Crippen LogP contribution is 2.25. The van der Waals surface area contributed by atoms with Crippen LogP contribution in [0.15, 0.2) is 17.0 Å². The van der Waals surface area contributed by atoms with Crippen LogP contribution in [0.25, 0.3) is 0 Å². The summed E-state index contributed by atoms with van der Waals surface area (Å²) in [5.41, 5.74) is 7.21. The minimum Gasteiger partial charge on any atom is -0.397 e. The van der Waals surface area contributed by atoms with E-state index in [4.69, 9.17) is 10.9 Å². The van der Waals surface area contributed by atoms with Crippen molar-refractivity contribution in [1.29, 1.82) is 0 Å². The first-order chi connectivity index (χ1) is 9.04. The van der Waals surface area contributed by atoms with E-state index in [0.29, 0.717) is 11.1 Å². The van der Waals surface area contributed by atoms with Gasteiger partial charge in [-0.15, -0.1) is 0 Å². The van der Waals surface area contributed by atoms with Gasteiger partial charge in [0.2, 0.25) is 20.0 Å². The highest BCUT2D eigenvalue weighted by Gasteiger charge is 2.20. The van der Waals surface area contributed by atoms with E-state index in [1.165, 1.54) is 0 Å². The molecule has 0 aromatic heterocycles. The van der Waals surface area contributed by atoms with Crippen LogP contribution in [0.4, 0.5) is 5.69 Å². The number of nitrogens with one attached hydrogen (secondary N) is 1. The van der Waals surface area contributed by atoms with E-state index in [2.05, 4.69) is 4.72 Å². The van der Waals surface area contributed by atoms with Gasteiger partial charge in [0.05, 0.1) is 11.4 Å². The van der Waals surface area contributed by atoms with Gasteiger partial charge in [-0.1, -0.05) is 12.1 Å². The number of nitrogens with two attached hydrogens (primary N) is 2. The van der Waals surface area contributed by atoms with Crippen LogP contribution in [-0.2, 0) is 20.0 Å². The summed E-state index contributed by atoms with van der Waals surface area (Å²) in [6.07, 6.45) is 0.100. The minimum atomic E-state index is -3.77. The van der Waals surface area contributed by atoms with E-state index in [-0.39, 0.29) is 29.3 Å². The quantitative estimate of drug-likeness (QED) is 0.495. The predicted molar refractivity (Wildman–Crippen MR) is 78.1 cm³/mol. The Kier molecular flexibility index (Phi) is 5.14. The highest BCUT2D eigenvalue weighted by atomic mass is 32.2. The molecule has 0 radical (unpaired) electrons. The summed E-state index contributed by atoms with van der Waals surface area (Å²) in [5.74, 6) is -0.280. The van der Waals surface area contributed by atoms with Gasteiger partial charge in [-0.3, -0.25) is 0 Å².